The lowest BCUT2D eigenvalue weighted by atomic mass is 9.99. The van der Waals surface area contributed by atoms with Crippen LogP contribution in [0.15, 0.2) is 60.7 Å². The largest absolute Gasteiger partial charge is 0.486 e. The second-order valence-corrected chi connectivity index (χ2v) is 9.40. The molecule has 2 amide bonds. The number of carbonyl (C=O) groups excluding carboxylic acids is 2. The fourth-order valence-electron chi connectivity index (χ4n) is 4.51. The number of rotatable bonds is 7. The summed E-state index contributed by atoms with van der Waals surface area (Å²) >= 11 is 0. The van der Waals surface area contributed by atoms with Crippen LogP contribution in [0.1, 0.15) is 18.1 Å². The number of benzene rings is 3. The molecule has 2 aliphatic rings. The maximum atomic E-state index is 13.9. The van der Waals surface area contributed by atoms with Crippen molar-refractivity contribution in [1.82, 2.24) is 4.90 Å². The maximum Gasteiger partial charge on any atom is 0.258 e. The van der Waals surface area contributed by atoms with Crippen molar-refractivity contribution in [1.29, 1.82) is 0 Å². The fraction of sp³-hybridized carbons (Fsp3) is 0.241. The highest BCUT2D eigenvalue weighted by Gasteiger charge is 2.29. The molecule has 0 aromatic heterocycles. The molecule has 0 unspecified atom stereocenters. The lowest BCUT2D eigenvalue weighted by molar-refractivity contribution is -0.116. The molecule has 5 rings (SSSR count). The van der Waals surface area contributed by atoms with E-state index in [-0.39, 0.29) is 11.8 Å². The molecule has 0 fully saturated rings. The first kappa shape index (κ1) is 25.3. The van der Waals surface area contributed by atoms with Crippen LogP contribution in [0, 0.1) is 5.82 Å². The molecule has 3 aromatic carbocycles. The van der Waals surface area contributed by atoms with Gasteiger partial charge in [0, 0.05) is 42.5 Å². The fourth-order valence-corrected chi connectivity index (χ4v) is 4.51. The first-order chi connectivity index (χ1) is 18.3. The van der Waals surface area contributed by atoms with Gasteiger partial charge in [0.15, 0.2) is 11.5 Å². The standard InChI is InChI=1S/C29H29FN4O4/c1-18(35)34(13-12-33(2)3)22-8-6-21(7-9-22)31-28(19-4-11-25-26(16-19)38-15-14-37-25)27-23-10-5-20(30)17-24(23)32-29(27)36/h4-11,16-17,31H,12-15H2,1-3H3,(H,32,36)/b28-27-. The molecule has 8 nitrogen and oxygen atoms in total. The number of ether oxygens (including phenoxy) is 2. The molecular formula is C29H29FN4O4. The zero-order chi connectivity index (χ0) is 26.8. The molecule has 0 spiro atoms. The van der Waals surface area contributed by atoms with Gasteiger partial charge in [0.25, 0.3) is 5.91 Å². The van der Waals surface area contributed by atoms with E-state index < -0.39 is 5.82 Å². The van der Waals surface area contributed by atoms with E-state index in [1.54, 1.807) is 17.9 Å². The molecule has 38 heavy (non-hydrogen) atoms. The minimum absolute atomic E-state index is 0.0434. The van der Waals surface area contributed by atoms with Crippen LogP contribution in [0.25, 0.3) is 11.3 Å². The summed E-state index contributed by atoms with van der Waals surface area (Å²) in [5, 5.41) is 6.16. The SMILES string of the molecule is CC(=O)N(CCN(C)C)c1ccc(N/C(=C2\C(=O)Nc3cc(F)ccc32)c2ccc3c(c2)OCCO3)cc1. The van der Waals surface area contributed by atoms with Crippen LogP contribution in [0.2, 0.25) is 0 Å². The van der Waals surface area contributed by atoms with Gasteiger partial charge in [-0.05, 0) is 74.8 Å². The van der Waals surface area contributed by atoms with Crippen LogP contribution in [-0.4, -0.2) is 57.1 Å². The number of carbonyl (C=O) groups is 2. The molecule has 196 valence electrons. The lowest BCUT2D eigenvalue weighted by Gasteiger charge is -2.24. The van der Waals surface area contributed by atoms with Crippen molar-refractivity contribution in [2.24, 2.45) is 0 Å². The highest BCUT2D eigenvalue weighted by atomic mass is 19.1. The predicted molar refractivity (Wildman–Crippen MR) is 146 cm³/mol. The summed E-state index contributed by atoms with van der Waals surface area (Å²) in [6, 6.07) is 17.2. The van der Waals surface area contributed by atoms with Crippen molar-refractivity contribution < 1.29 is 23.5 Å². The van der Waals surface area contributed by atoms with Gasteiger partial charge < -0.3 is 29.9 Å². The topological polar surface area (TPSA) is 83.1 Å². The third-order valence-corrected chi connectivity index (χ3v) is 6.41. The summed E-state index contributed by atoms with van der Waals surface area (Å²) in [6.45, 7) is 3.74. The number of nitrogens with zero attached hydrogens (tertiary/aromatic N) is 2. The van der Waals surface area contributed by atoms with Gasteiger partial charge in [0.2, 0.25) is 5.91 Å². The van der Waals surface area contributed by atoms with Crippen molar-refractivity contribution in [3.63, 3.8) is 0 Å². The number of hydrogen-bond acceptors (Lipinski definition) is 6. The highest BCUT2D eigenvalue weighted by molar-refractivity contribution is 6.37. The number of fused-ring (bicyclic) bond motifs is 2. The van der Waals surface area contributed by atoms with E-state index in [0.717, 1.165) is 12.2 Å². The quantitative estimate of drug-likeness (QED) is 0.452. The van der Waals surface area contributed by atoms with Gasteiger partial charge in [0.1, 0.15) is 19.0 Å². The summed E-state index contributed by atoms with van der Waals surface area (Å²) in [6.07, 6.45) is 0. The van der Waals surface area contributed by atoms with Crippen LogP contribution >= 0.6 is 0 Å². The average molecular weight is 517 g/mol. The summed E-state index contributed by atoms with van der Waals surface area (Å²) in [7, 11) is 3.92. The Labute approximate surface area is 220 Å². The maximum absolute atomic E-state index is 13.9. The minimum atomic E-state index is -0.431. The number of nitrogens with one attached hydrogen (secondary N) is 2. The third-order valence-electron chi connectivity index (χ3n) is 6.41. The van der Waals surface area contributed by atoms with Gasteiger partial charge in [-0.25, -0.2) is 4.39 Å². The smallest absolute Gasteiger partial charge is 0.258 e. The zero-order valence-electron chi connectivity index (χ0n) is 21.5. The molecule has 0 radical (unpaired) electrons. The van der Waals surface area contributed by atoms with Crippen LogP contribution < -0.4 is 25.0 Å². The summed E-state index contributed by atoms with van der Waals surface area (Å²) in [4.78, 5) is 29.2. The Morgan fingerprint density at radius 3 is 2.42 bits per heavy atom. The van der Waals surface area contributed by atoms with E-state index in [2.05, 4.69) is 10.6 Å². The van der Waals surface area contributed by atoms with E-state index in [4.69, 9.17) is 9.47 Å². The molecular weight excluding hydrogens is 487 g/mol. The third kappa shape index (κ3) is 5.19. The van der Waals surface area contributed by atoms with Gasteiger partial charge in [-0.15, -0.1) is 0 Å². The number of halogens is 1. The second kappa shape index (κ2) is 10.5. The van der Waals surface area contributed by atoms with Crippen molar-refractivity contribution in [3.05, 3.63) is 77.6 Å². The minimum Gasteiger partial charge on any atom is -0.486 e. The molecule has 0 bridgehead atoms. The number of anilines is 3. The summed E-state index contributed by atoms with van der Waals surface area (Å²) in [5.74, 6) is 0.400. The Morgan fingerprint density at radius 2 is 1.71 bits per heavy atom. The first-order valence-corrected chi connectivity index (χ1v) is 12.4. The summed E-state index contributed by atoms with van der Waals surface area (Å²) in [5.41, 5.74) is 4.12. The molecule has 3 aromatic rings. The van der Waals surface area contributed by atoms with E-state index in [9.17, 15) is 14.0 Å². The van der Waals surface area contributed by atoms with Crippen LogP contribution in [-0.2, 0) is 9.59 Å². The Hall–Kier alpha value is -4.37. The van der Waals surface area contributed by atoms with Gasteiger partial charge in [-0.1, -0.05) is 0 Å². The lowest BCUT2D eigenvalue weighted by Crippen LogP contribution is -2.35. The number of amides is 2. The van der Waals surface area contributed by atoms with Crippen molar-refractivity contribution >= 4 is 40.1 Å². The Kier molecular flexibility index (Phi) is 7.02. The van der Waals surface area contributed by atoms with E-state index in [0.29, 0.717) is 65.0 Å². The van der Waals surface area contributed by atoms with E-state index in [1.807, 2.05) is 61.5 Å². The Morgan fingerprint density at radius 1 is 0.974 bits per heavy atom. The molecule has 0 atom stereocenters. The van der Waals surface area contributed by atoms with Crippen molar-refractivity contribution in [3.8, 4) is 11.5 Å². The molecule has 2 aliphatic heterocycles. The van der Waals surface area contributed by atoms with Gasteiger partial charge in [-0.3, -0.25) is 9.59 Å². The predicted octanol–water partition coefficient (Wildman–Crippen LogP) is 4.44. The summed E-state index contributed by atoms with van der Waals surface area (Å²) < 4.78 is 25.3. The molecule has 0 saturated heterocycles. The average Bonchev–Trinajstić information content (AvgIpc) is 3.22. The first-order valence-electron chi connectivity index (χ1n) is 12.4. The van der Waals surface area contributed by atoms with Gasteiger partial charge in [0.05, 0.1) is 17.0 Å². The van der Waals surface area contributed by atoms with Crippen LogP contribution in [0.3, 0.4) is 0 Å². The van der Waals surface area contributed by atoms with Gasteiger partial charge >= 0.3 is 0 Å². The second-order valence-electron chi connectivity index (χ2n) is 9.40. The molecule has 0 saturated carbocycles. The van der Waals surface area contributed by atoms with E-state index in [1.165, 1.54) is 12.1 Å². The van der Waals surface area contributed by atoms with Crippen LogP contribution in [0.4, 0.5) is 21.5 Å². The number of hydrogen-bond donors (Lipinski definition) is 2. The monoisotopic (exact) mass is 516 g/mol. The van der Waals surface area contributed by atoms with Gasteiger partial charge in [-0.2, -0.15) is 0 Å². The highest BCUT2D eigenvalue weighted by Crippen LogP contribution is 2.40. The van der Waals surface area contributed by atoms with Crippen molar-refractivity contribution in [2.75, 3.05) is 55.9 Å². The molecule has 2 heterocycles. The number of likely N-dealkylation sites (N-methyl/N-ethyl adjacent to an activating group) is 1. The zero-order valence-corrected chi connectivity index (χ0v) is 21.5. The van der Waals surface area contributed by atoms with Crippen LogP contribution in [0.5, 0.6) is 11.5 Å². The van der Waals surface area contributed by atoms with Crippen molar-refractivity contribution in [2.45, 2.75) is 6.92 Å². The molecule has 0 aliphatic carbocycles. The molecule has 9 heteroatoms. The Bertz CT molecular complexity index is 1420. The molecule has 2 N–H and O–H groups in total. The normalized spacial score (nSPS) is 15.1. The van der Waals surface area contributed by atoms with E-state index >= 15 is 0 Å². The Balaban J connectivity index is 1.54.